The third-order valence-corrected chi connectivity index (χ3v) is 3.14. The summed E-state index contributed by atoms with van der Waals surface area (Å²) in [6, 6.07) is 13.4. The van der Waals surface area contributed by atoms with Gasteiger partial charge in [0.05, 0.1) is 17.7 Å². The van der Waals surface area contributed by atoms with Gasteiger partial charge in [-0.2, -0.15) is 0 Å². The summed E-state index contributed by atoms with van der Waals surface area (Å²) in [6.45, 7) is -0.165. The normalized spacial score (nSPS) is 9.91. The Morgan fingerprint density at radius 3 is 2.41 bits per heavy atom. The van der Waals surface area contributed by atoms with E-state index >= 15 is 0 Å². The summed E-state index contributed by atoms with van der Waals surface area (Å²) >= 11 is 5.97. The van der Waals surface area contributed by atoms with Crippen LogP contribution in [-0.2, 0) is 9.53 Å². The zero-order chi connectivity index (χ0) is 15.9. The van der Waals surface area contributed by atoms with Crippen LogP contribution in [0.25, 0.3) is 0 Å². The number of carbonyl (C=O) groups is 2. The molecule has 0 aliphatic carbocycles. The van der Waals surface area contributed by atoms with E-state index in [0.717, 1.165) is 0 Å². The van der Waals surface area contributed by atoms with E-state index in [-0.39, 0.29) is 12.5 Å². The van der Waals surface area contributed by atoms with E-state index < -0.39 is 5.97 Å². The summed E-state index contributed by atoms with van der Waals surface area (Å²) in [5.41, 5.74) is 0.991. The molecular formula is C16H14ClNO4. The zero-order valence-corrected chi connectivity index (χ0v) is 12.6. The molecule has 0 radical (unpaired) electrons. The first-order valence-electron chi connectivity index (χ1n) is 6.45. The van der Waals surface area contributed by atoms with Crippen LogP contribution in [0, 0.1) is 0 Å². The summed E-state index contributed by atoms with van der Waals surface area (Å²) < 4.78 is 9.69. The highest BCUT2D eigenvalue weighted by molar-refractivity contribution is 6.34. The highest BCUT2D eigenvalue weighted by Gasteiger charge is 2.09. The number of benzene rings is 2. The summed E-state index contributed by atoms with van der Waals surface area (Å²) in [6.07, 6.45) is 0. The molecular weight excluding hydrogens is 306 g/mol. The fourth-order valence-corrected chi connectivity index (χ4v) is 1.90. The number of amides is 1. The Kier molecular flexibility index (Phi) is 5.38. The van der Waals surface area contributed by atoms with E-state index in [9.17, 15) is 9.59 Å². The van der Waals surface area contributed by atoms with Crippen LogP contribution in [0.3, 0.4) is 0 Å². The smallest absolute Gasteiger partial charge is 0.343 e. The van der Waals surface area contributed by atoms with Gasteiger partial charge in [-0.05, 0) is 36.4 Å². The first kappa shape index (κ1) is 15.9. The summed E-state index contributed by atoms with van der Waals surface area (Å²) in [5, 5.41) is 3.12. The molecule has 2 rings (SSSR count). The average molecular weight is 320 g/mol. The van der Waals surface area contributed by atoms with Crippen molar-refractivity contribution in [3.05, 3.63) is 59.1 Å². The topological polar surface area (TPSA) is 64.6 Å². The van der Waals surface area contributed by atoms with Crippen molar-refractivity contribution < 1.29 is 19.1 Å². The molecule has 2 aromatic rings. The fourth-order valence-electron chi connectivity index (χ4n) is 1.68. The van der Waals surface area contributed by atoms with Crippen molar-refractivity contribution >= 4 is 29.2 Å². The second-order valence-electron chi connectivity index (χ2n) is 4.32. The van der Waals surface area contributed by atoms with Gasteiger partial charge < -0.3 is 14.8 Å². The zero-order valence-electron chi connectivity index (χ0n) is 11.8. The predicted octanol–water partition coefficient (Wildman–Crippen LogP) is 3.14. The molecule has 0 aliphatic rings. The molecule has 0 bridgehead atoms. The number of nitrogens with one attached hydrogen (secondary N) is 1. The Balaban J connectivity index is 1.98. The summed E-state index contributed by atoms with van der Waals surface area (Å²) in [5.74, 6) is -0.258. The number of esters is 1. The lowest BCUT2D eigenvalue weighted by Gasteiger charge is -2.08. The van der Waals surface area contributed by atoms with Crippen LogP contribution in [-0.4, -0.2) is 25.6 Å². The van der Waals surface area contributed by atoms with Crippen LogP contribution >= 0.6 is 11.6 Å². The van der Waals surface area contributed by atoms with Crippen molar-refractivity contribution in [1.82, 2.24) is 0 Å². The highest BCUT2D eigenvalue weighted by atomic mass is 35.5. The molecule has 114 valence electrons. The lowest BCUT2D eigenvalue weighted by molar-refractivity contribution is -0.142. The lowest BCUT2D eigenvalue weighted by atomic mass is 10.2. The summed E-state index contributed by atoms with van der Waals surface area (Å²) in [4.78, 5) is 23.1. The molecule has 0 aromatic heterocycles. The monoisotopic (exact) mass is 319 g/mol. The van der Waals surface area contributed by atoms with Crippen molar-refractivity contribution in [2.45, 2.75) is 0 Å². The van der Waals surface area contributed by atoms with E-state index in [1.807, 2.05) is 0 Å². The number of carbonyl (C=O) groups excluding carboxylic acids is 2. The Morgan fingerprint density at radius 2 is 1.77 bits per heavy atom. The van der Waals surface area contributed by atoms with Gasteiger partial charge in [0.15, 0.2) is 6.61 Å². The number of anilines is 1. The first-order valence-corrected chi connectivity index (χ1v) is 6.83. The molecule has 1 N–H and O–H groups in total. The third kappa shape index (κ3) is 4.23. The van der Waals surface area contributed by atoms with Gasteiger partial charge in [-0.15, -0.1) is 0 Å². The minimum atomic E-state index is -0.462. The second kappa shape index (κ2) is 7.47. The number of hydrogen-bond acceptors (Lipinski definition) is 4. The molecule has 0 fully saturated rings. The van der Waals surface area contributed by atoms with E-state index in [1.54, 1.807) is 48.5 Å². The minimum absolute atomic E-state index is 0.165. The second-order valence-corrected chi connectivity index (χ2v) is 4.73. The van der Waals surface area contributed by atoms with E-state index in [4.69, 9.17) is 16.3 Å². The molecule has 0 aliphatic heterocycles. The van der Waals surface area contributed by atoms with E-state index in [2.05, 4.69) is 10.1 Å². The van der Waals surface area contributed by atoms with Crippen molar-refractivity contribution in [2.24, 2.45) is 0 Å². The molecule has 5 nitrogen and oxygen atoms in total. The number of halogens is 1. The molecule has 0 saturated carbocycles. The van der Waals surface area contributed by atoms with Crippen LogP contribution in [0.2, 0.25) is 5.02 Å². The van der Waals surface area contributed by atoms with Gasteiger partial charge in [0.2, 0.25) is 0 Å². The maximum absolute atomic E-state index is 12.1. The average Bonchev–Trinajstić information content (AvgIpc) is 2.54. The van der Waals surface area contributed by atoms with Gasteiger partial charge >= 0.3 is 5.97 Å². The van der Waals surface area contributed by atoms with Crippen molar-refractivity contribution in [3.63, 3.8) is 0 Å². The maximum atomic E-state index is 12.1. The molecule has 0 spiro atoms. The standard InChI is InChI=1S/C16H14ClNO4/c1-21-15(19)10-22-12-8-6-11(7-9-12)18-16(20)13-4-2-3-5-14(13)17/h2-9H,10H2,1H3,(H,18,20). The van der Waals surface area contributed by atoms with Gasteiger partial charge in [-0.25, -0.2) is 4.79 Å². The molecule has 0 unspecified atom stereocenters. The summed E-state index contributed by atoms with van der Waals surface area (Å²) in [7, 11) is 1.29. The first-order chi connectivity index (χ1) is 10.6. The molecule has 6 heteroatoms. The Morgan fingerprint density at radius 1 is 1.09 bits per heavy atom. The Labute approximate surface area is 132 Å². The van der Waals surface area contributed by atoms with Crippen LogP contribution in [0.5, 0.6) is 5.75 Å². The van der Waals surface area contributed by atoms with Crippen LogP contribution in [0.15, 0.2) is 48.5 Å². The van der Waals surface area contributed by atoms with Gasteiger partial charge in [0.25, 0.3) is 5.91 Å². The van der Waals surface area contributed by atoms with Crippen LogP contribution in [0.1, 0.15) is 10.4 Å². The van der Waals surface area contributed by atoms with Gasteiger partial charge in [-0.1, -0.05) is 23.7 Å². The SMILES string of the molecule is COC(=O)COc1ccc(NC(=O)c2ccccc2Cl)cc1. The van der Waals surface area contributed by atoms with E-state index in [0.29, 0.717) is 22.0 Å². The number of methoxy groups -OCH3 is 1. The van der Waals surface area contributed by atoms with Crippen molar-refractivity contribution in [3.8, 4) is 5.75 Å². The van der Waals surface area contributed by atoms with Gasteiger partial charge in [0, 0.05) is 5.69 Å². The third-order valence-electron chi connectivity index (χ3n) is 2.82. The minimum Gasteiger partial charge on any atom is -0.482 e. The van der Waals surface area contributed by atoms with Gasteiger partial charge in [-0.3, -0.25) is 4.79 Å². The van der Waals surface area contributed by atoms with Crippen molar-refractivity contribution in [2.75, 3.05) is 19.0 Å². The van der Waals surface area contributed by atoms with Crippen LogP contribution in [0.4, 0.5) is 5.69 Å². The lowest BCUT2D eigenvalue weighted by Crippen LogP contribution is -2.13. The maximum Gasteiger partial charge on any atom is 0.343 e. The molecule has 2 aromatic carbocycles. The molecule has 22 heavy (non-hydrogen) atoms. The number of rotatable bonds is 5. The number of ether oxygens (including phenoxy) is 2. The van der Waals surface area contributed by atoms with Crippen molar-refractivity contribution in [1.29, 1.82) is 0 Å². The number of hydrogen-bond donors (Lipinski definition) is 1. The fraction of sp³-hybridized carbons (Fsp3) is 0.125. The molecule has 0 heterocycles. The van der Waals surface area contributed by atoms with Crippen LogP contribution < -0.4 is 10.1 Å². The Bertz CT molecular complexity index is 670. The predicted molar refractivity (Wildman–Crippen MR) is 83.4 cm³/mol. The highest BCUT2D eigenvalue weighted by Crippen LogP contribution is 2.19. The van der Waals surface area contributed by atoms with E-state index in [1.165, 1.54) is 7.11 Å². The molecule has 1 amide bonds. The Hall–Kier alpha value is -2.53. The van der Waals surface area contributed by atoms with Gasteiger partial charge in [0.1, 0.15) is 5.75 Å². The quantitative estimate of drug-likeness (QED) is 0.860. The largest absolute Gasteiger partial charge is 0.482 e. The molecule has 0 atom stereocenters. The molecule has 0 saturated heterocycles.